The second-order valence-electron chi connectivity index (χ2n) is 6.36. The minimum Gasteiger partial charge on any atom is -0.348 e. The molecule has 2 N–H and O–H groups in total. The Balaban J connectivity index is 1.75. The van der Waals surface area contributed by atoms with Crippen LogP contribution in [0.4, 0.5) is 15.8 Å². The summed E-state index contributed by atoms with van der Waals surface area (Å²) in [6.07, 6.45) is 0. The molecule has 0 saturated carbocycles. The Morgan fingerprint density at radius 1 is 1.03 bits per heavy atom. The highest BCUT2D eigenvalue weighted by Gasteiger charge is 2.19. The number of hydrogen-bond acceptors (Lipinski definition) is 5. The summed E-state index contributed by atoms with van der Waals surface area (Å²) in [6, 6.07) is 14.0. The van der Waals surface area contributed by atoms with Gasteiger partial charge in [0.05, 0.1) is 20.4 Å². The minimum atomic E-state index is -4.05. The summed E-state index contributed by atoms with van der Waals surface area (Å²) in [6.45, 7) is 0.0535. The average Bonchev–Trinajstić information content (AvgIpc) is 2.74. The first-order chi connectivity index (χ1) is 14.7. The number of hydrogen-bond donors (Lipinski definition) is 2. The summed E-state index contributed by atoms with van der Waals surface area (Å²) in [5.74, 6) is -1.14. The maximum atomic E-state index is 13.0. The van der Waals surface area contributed by atoms with Gasteiger partial charge in [-0.15, -0.1) is 0 Å². The number of amides is 1. The second kappa shape index (κ2) is 9.11. The number of non-ortho nitro benzene ring substituents is 1. The number of rotatable bonds is 7. The molecule has 0 atom stereocenters. The van der Waals surface area contributed by atoms with Gasteiger partial charge in [-0.1, -0.05) is 23.7 Å². The quantitative estimate of drug-likeness (QED) is 0.403. The van der Waals surface area contributed by atoms with E-state index in [9.17, 15) is 27.7 Å². The fraction of sp³-hybridized carbons (Fsp3) is 0.0500. The fourth-order valence-corrected chi connectivity index (χ4v) is 3.88. The molecule has 0 aliphatic carbocycles. The average molecular weight is 464 g/mol. The second-order valence-corrected chi connectivity index (χ2v) is 8.45. The molecule has 3 aromatic rings. The van der Waals surface area contributed by atoms with E-state index in [1.165, 1.54) is 48.5 Å². The van der Waals surface area contributed by atoms with Crippen molar-refractivity contribution in [2.24, 2.45) is 0 Å². The summed E-state index contributed by atoms with van der Waals surface area (Å²) in [5.41, 5.74) is 0.618. The van der Waals surface area contributed by atoms with Crippen molar-refractivity contribution < 1.29 is 22.5 Å². The van der Waals surface area contributed by atoms with E-state index in [4.69, 9.17) is 11.6 Å². The van der Waals surface area contributed by atoms with Gasteiger partial charge < -0.3 is 5.32 Å². The van der Waals surface area contributed by atoms with Crippen LogP contribution in [0.2, 0.25) is 5.02 Å². The fourth-order valence-electron chi connectivity index (χ4n) is 2.59. The first-order valence-electron chi connectivity index (χ1n) is 8.75. The van der Waals surface area contributed by atoms with Crippen LogP contribution in [-0.2, 0) is 16.6 Å². The summed E-state index contributed by atoms with van der Waals surface area (Å²) in [7, 11) is -4.05. The lowest BCUT2D eigenvalue weighted by Crippen LogP contribution is -2.23. The van der Waals surface area contributed by atoms with E-state index < -0.39 is 26.7 Å². The Bertz CT molecular complexity index is 1230. The van der Waals surface area contributed by atoms with Gasteiger partial charge in [0.2, 0.25) is 0 Å². The summed E-state index contributed by atoms with van der Waals surface area (Å²) >= 11 is 6.06. The van der Waals surface area contributed by atoms with Crippen molar-refractivity contribution >= 4 is 38.9 Å². The molecule has 0 aliphatic rings. The van der Waals surface area contributed by atoms with Gasteiger partial charge in [0.15, 0.2) is 0 Å². The third-order valence-corrected chi connectivity index (χ3v) is 5.90. The minimum absolute atomic E-state index is 0.0435. The lowest BCUT2D eigenvalue weighted by molar-refractivity contribution is -0.384. The van der Waals surface area contributed by atoms with E-state index in [2.05, 4.69) is 10.0 Å². The van der Waals surface area contributed by atoms with E-state index in [1.54, 1.807) is 0 Å². The molecule has 1 amide bonds. The van der Waals surface area contributed by atoms with Gasteiger partial charge in [0.25, 0.3) is 21.6 Å². The molecule has 3 rings (SSSR count). The van der Waals surface area contributed by atoms with Crippen molar-refractivity contribution in [3.05, 3.63) is 98.8 Å². The molecule has 0 radical (unpaired) electrons. The van der Waals surface area contributed by atoms with E-state index in [0.717, 1.165) is 18.2 Å². The molecule has 0 aromatic heterocycles. The van der Waals surface area contributed by atoms with Crippen LogP contribution in [0.15, 0.2) is 71.6 Å². The molecule has 3 aromatic carbocycles. The van der Waals surface area contributed by atoms with E-state index in [1.807, 2.05) is 0 Å². The van der Waals surface area contributed by atoms with Crippen LogP contribution in [-0.4, -0.2) is 19.2 Å². The van der Waals surface area contributed by atoms with Gasteiger partial charge in [0.1, 0.15) is 5.82 Å². The smallest absolute Gasteiger partial charge is 0.269 e. The monoisotopic (exact) mass is 463 g/mol. The van der Waals surface area contributed by atoms with Crippen LogP contribution in [0, 0.1) is 15.9 Å². The molecule has 0 bridgehead atoms. The topological polar surface area (TPSA) is 118 Å². The molecular weight excluding hydrogens is 449 g/mol. The number of halogens is 2. The standard InChI is InChI=1S/C20H15ClFN3O5S/c21-19-10-9-17(31(29,30)24-15-5-3-14(22)4-6-15)11-18(19)20(26)23-12-13-1-7-16(8-2-13)25(27)28/h1-11,24H,12H2,(H,23,26). The Morgan fingerprint density at radius 2 is 1.68 bits per heavy atom. The first kappa shape index (κ1) is 22.2. The van der Waals surface area contributed by atoms with E-state index >= 15 is 0 Å². The number of nitro groups is 1. The highest BCUT2D eigenvalue weighted by Crippen LogP contribution is 2.23. The molecule has 0 unspecified atom stereocenters. The van der Waals surface area contributed by atoms with Crippen LogP contribution in [0.25, 0.3) is 0 Å². The van der Waals surface area contributed by atoms with Crippen LogP contribution < -0.4 is 10.0 Å². The highest BCUT2D eigenvalue weighted by atomic mass is 35.5. The third-order valence-electron chi connectivity index (χ3n) is 4.19. The number of benzene rings is 3. The Kier molecular flexibility index (Phi) is 6.52. The first-order valence-corrected chi connectivity index (χ1v) is 10.6. The maximum absolute atomic E-state index is 13.0. The maximum Gasteiger partial charge on any atom is 0.269 e. The van der Waals surface area contributed by atoms with Crippen molar-refractivity contribution in [1.29, 1.82) is 0 Å². The Morgan fingerprint density at radius 3 is 2.29 bits per heavy atom. The summed E-state index contributed by atoms with van der Waals surface area (Å²) in [5, 5.41) is 13.3. The molecule has 0 saturated heterocycles. The van der Waals surface area contributed by atoms with Crippen LogP contribution in [0.5, 0.6) is 0 Å². The molecule has 31 heavy (non-hydrogen) atoms. The van der Waals surface area contributed by atoms with Gasteiger partial charge in [-0.3, -0.25) is 19.6 Å². The number of nitrogens with zero attached hydrogens (tertiary/aromatic N) is 1. The zero-order valence-corrected chi connectivity index (χ0v) is 17.3. The normalized spacial score (nSPS) is 11.0. The zero-order valence-electron chi connectivity index (χ0n) is 15.7. The number of carbonyl (C=O) groups excluding carboxylic acids is 1. The van der Waals surface area contributed by atoms with Gasteiger partial charge >= 0.3 is 0 Å². The zero-order chi connectivity index (χ0) is 22.6. The van der Waals surface area contributed by atoms with Gasteiger partial charge in [-0.05, 0) is 48.0 Å². The van der Waals surface area contributed by atoms with Gasteiger partial charge in [0, 0.05) is 24.4 Å². The predicted octanol–water partition coefficient (Wildman–Crippen LogP) is 4.12. The van der Waals surface area contributed by atoms with Crippen LogP contribution >= 0.6 is 11.6 Å². The molecule has 0 fully saturated rings. The largest absolute Gasteiger partial charge is 0.348 e. The third kappa shape index (κ3) is 5.56. The lowest BCUT2D eigenvalue weighted by atomic mass is 10.2. The Labute approximate surface area is 181 Å². The van der Waals surface area contributed by atoms with Crippen molar-refractivity contribution in [3.8, 4) is 0 Å². The molecule has 0 aliphatic heterocycles. The molecule has 8 nitrogen and oxygen atoms in total. The van der Waals surface area contributed by atoms with Crippen LogP contribution in [0.1, 0.15) is 15.9 Å². The SMILES string of the molecule is O=C(NCc1ccc([N+](=O)[O-])cc1)c1cc(S(=O)(=O)Nc2ccc(F)cc2)ccc1Cl. The van der Waals surface area contributed by atoms with Crippen molar-refractivity contribution in [1.82, 2.24) is 5.32 Å². The lowest BCUT2D eigenvalue weighted by Gasteiger charge is -2.11. The predicted molar refractivity (Wildman–Crippen MR) is 113 cm³/mol. The Hall–Kier alpha value is -3.50. The van der Waals surface area contributed by atoms with Gasteiger partial charge in [-0.25, -0.2) is 12.8 Å². The number of nitrogens with one attached hydrogen (secondary N) is 2. The van der Waals surface area contributed by atoms with Crippen molar-refractivity contribution in [2.75, 3.05) is 4.72 Å². The van der Waals surface area contributed by atoms with Crippen LogP contribution in [0.3, 0.4) is 0 Å². The molecule has 11 heteroatoms. The molecule has 160 valence electrons. The number of anilines is 1. The number of nitro benzene ring substituents is 1. The van der Waals surface area contributed by atoms with E-state index in [0.29, 0.717) is 5.56 Å². The van der Waals surface area contributed by atoms with Crippen molar-refractivity contribution in [3.63, 3.8) is 0 Å². The number of carbonyl (C=O) groups is 1. The molecular formula is C20H15ClFN3O5S. The van der Waals surface area contributed by atoms with Crippen molar-refractivity contribution in [2.45, 2.75) is 11.4 Å². The summed E-state index contributed by atoms with van der Waals surface area (Å²) < 4.78 is 40.5. The van der Waals surface area contributed by atoms with E-state index in [-0.39, 0.29) is 33.4 Å². The molecule has 0 spiro atoms. The van der Waals surface area contributed by atoms with Gasteiger partial charge in [-0.2, -0.15) is 0 Å². The number of sulfonamides is 1. The highest BCUT2D eigenvalue weighted by molar-refractivity contribution is 7.92. The summed E-state index contributed by atoms with van der Waals surface area (Å²) in [4.78, 5) is 22.5. The molecule has 0 heterocycles.